The van der Waals surface area contributed by atoms with Gasteiger partial charge in [0.2, 0.25) is 0 Å². The molecule has 0 aromatic carbocycles. The van der Waals surface area contributed by atoms with E-state index in [1.54, 1.807) is 18.6 Å². The van der Waals surface area contributed by atoms with E-state index >= 15 is 0 Å². The minimum absolute atomic E-state index is 0.528. The summed E-state index contributed by atoms with van der Waals surface area (Å²) < 4.78 is 10.7. The Bertz CT molecular complexity index is 313. The molecule has 3 nitrogen and oxygen atoms in total. The zero-order valence-electron chi connectivity index (χ0n) is 8.95. The van der Waals surface area contributed by atoms with Gasteiger partial charge in [0.05, 0.1) is 0 Å². The van der Waals surface area contributed by atoms with Gasteiger partial charge in [0, 0.05) is 13.1 Å². The SMILES string of the molecule is C=CCOc1cocc1N1CCCCC1. The van der Waals surface area contributed by atoms with Gasteiger partial charge in [0.15, 0.2) is 5.75 Å². The molecular formula is C12H17NO2. The summed E-state index contributed by atoms with van der Waals surface area (Å²) in [5, 5.41) is 0. The molecule has 0 radical (unpaired) electrons. The summed E-state index contributed by atoms with van der Waals surface area (Å²) in [5.74, 6) is 0.830. The fourth-order valence-electron chi connectivity index (χ4n) is 1.90. The van der Waals surface area contributed by atoms with E-state index in [1.807, 2.05) is 0 Å². The van der Waals surface area contributed by atoms with E-state index < -0.39 is 0 Å². The largest absolute Gasteiger partial charge is 0.484 e. The lowest BCUT2D eigenvalue weighted by Crippen LogP contribution is -2.29. The molecule has 2 rings (SSSR count). The minimum Gasteiger partial charge on any atom is -0.484 e. The van der Waals surface area contributed by atoms with Crippen LogP contribution in [0.1, 0.15) is 19.3 Å². The number of piperidine rings is 1. The molecule has 1 aromatic rings. The van der Waals surface area contributed by atoms with E-state index in [9.17, 15) is 0 Å². The molecule has 1 fully saturated rings. The Morgan fingerprint density at radius 2 is 2.13 bits per heavy atom. The monoisotopic (exact) mass is 207 g/mol. The maximum Gasteiger partial charge on any atom is 0.181 e. The average Bonchev–Trinajstić information content (AvgIpc) is 2.75. The van der Waals surface area contributed by atoms with Crippen molar-refractivity contribution in [1.29, 1.82) is 0 Å². The first-order valence-corrected chi connectivity index (χ1v) is 5.46. The topological polar surface area (TPSA) is 25.6 Å². The van der Waals surface area contributed by atoms with Crippen LogP contribution in [0.3, 0.4) is 0 Å². The maximum absolute atomic E-state index is 5.53. The van der Waals surface area contributed by atoms with Crippen LogP contribution in [-0.4, -0.2) is 19.7 Å². The molecule has 1 saturated heterocycles. The normalized spacial score (nSPS) is 16.4. The van der Waals surface area contributed by atoms with Crippen LogP contribution in [0.4, 0.5) is 5.69 Å². The van der Waals surface area contributed by atoms with Gasteiger partial charge in [-0.25, -0.2) is 0 Å². The number of nitrogens with zero attached hydrogens (tertiary/aromatic N) is 1. The average molecular weight is 207 g/mol. The highest BCUT2D eigenvalue weighted by Gasteiger charge is 2.16. The van der Waals surface area contributed by atoms with Crippen molar-refractivity contribution in [2.24, 2.45) is 0 Å². The fraction of sp³-hybridized carbons (Fsp3) is 0.500. The van der Waals surface area contributed by atoms with Gasteiger partial charge >= 0.3 is 0 Å². The predicted octanol–water partition coefficient (Wildman–Crippen LogP) is 2.83. The quantitative estimate of drug-likeness (QED) is 0.710. The Morgan fingerprint density at radius 3 is 2.87 bits per heavy atom. The lowest BCUT2D eigenvalue weighted by molar-refractivity contribution is 0.357. The molecule has 82 valence electrons. The Morgan fingerprint density at radius 1 is 1.33 bits per heavy atom. The van der Waals surface area contributed by atoms with Crippen LogP contribution in [0.15, 0.2) is 29.6 Å². The number of rotatable bonds is 4. The number of ether oxygens (including phenoxy) is 1. The van der Waals surface area contributed by atoms with Crippen LogP contribution in [-0.2, 0) is 0 Å². The van der Waals surface area contributed by atoms with Gasteiger partial charge in [-0.3, -0.25) is 0 Å². The molecule has 2 heterocycles. The van der Waals surface area contributed by atoms with Gasteiger partial charge in [0.1, 0.15) is 24.8 Å². The highest BCUT2D eigenvalue weighted by atomic mass is 16.5. The molecule has 1 aliphatic rings. The molecule has 0 atom stereocenters. The van der Waals surface area contributed by atoms with Gasteiger partial charge in [-0.1, -0.05) is 12.7 Å². The van der Waals surface area contributed by atoms with E-state index in [2.05, 4.69) is 11.5 Å². The van der Waals surface area contributed by atoms with E-state index in [-0.39, 0.29) is 0 Å². The zero-order valence-corrected chi connectivity index (χ0v) is 8.95. The molecule has 0 amide bonds. The molecular weight excluding hydrogens is 190 g/mol. The Kier molecular flexibility index (Phi) is 3.33. The molecule has 0 unspecified atom stereocenters. The molecule has 15 heavy (non-hydrogen) atoms. The van der Waals surface area contributed by atoms with Crippen LogP contribution in [0.25, 0.3) is 0 Å². The Hall–Kier alpha value is -1.38. The van der Waals surface area contributed by atoms with E-state index in [0.29, 0.717) is 6.61 Å². The zero-order chi connectivity index (χ0) is 10.5. The van der Waals surface area contributed by atoms with Crippen molar-refractivity contribution in [3.63, 3.8) is 0 Å². The summed E-state index contributed by atoms with van der Waals surface area (Å²) >= 11 is 0. The number of hydrogen-bond acceptors (Lipinski definition) is 3. The van der Waals surface area contributed by atoms with E-state index in [4.69, 9.17) is 9.15 Å². The highest BCUT2D eigenvalue weighted by Crippen LogP contribution is 2.31. The lowest BCUT2D eigenvalue weighted by atomic mass is 10.1. The third-order valence-electron chi connectivity index (χ3n) is 2.66. The molecule has 0 aliphatic carbocycles. The van der Waals surface area contributed by atoms with E-state index in [1.165, 1.54) is 19.3 Å². The molecule has 0 spiro atoms. The second-order valence-corrected chi connectivity index (χ2v) is 3.77. The third-order valence-corrected chi connectivity index (χ3v) is 2.66. The van der Waals surface area contributed by atoms with E-state index in [0.717, 1.165) is 24.5 Å². The summed E-state index contributed by atoms with van der Waals surface area (Å²) in [6.45, 7) is 6.36. The van der Waals surface area contributed by atoms with Gasteiger partial charge in [-0.05, 0) is 19.3 Å². The number of furan rings is 1. The van der Waals surface area contributed by atoms with Gasteiger partial charge < -0.3 is 14.1 Å². The summed E-state index contributed by atoms with van der Waals surface area (Å²) in [6.07, 6.45) is 9.01. The van der Waals surface area contributed by atoms with Crippen molar-refractivity contribution in [2.75, 3.05) is 24.6 Å². The van der Waals surface area contributed by atoms with Crippen LogP contribution in [0, 0.1) is 0 Å². The van der Waals surface area contributed by atoms with Crippen molar-refractivity contribution in [2.45, 2.75) is 19.3 Å². The summed E-state index contributed by atoms with van der Waals surface area (Å²) in [5.41, 5.74) is 1.08. The highest BCUT2D eigenvalue weighted by molar-refractivity contribution is 5.56. The molecule has 0 saturated carbocycles. The van der Waals surface area contributed by atoms with Crippen LogP contribution >= 0.6 is 0 Å². The van der Waals surface area contributed by atoms with Crippen molar-refractivity contribution in [3.8, 4) is 5.75 Å². The Balaban J connectivity index is 2.05. The standard InChI is InChI=1S/C12H17NO2/c1-2-8-15-12-10-14-9-11(12)13-6-4-3-5-7-13/h2,9-10H,1,3-8H2. The first-order chi connectivity index (χ1) is 7.42. The number of anilines is 1. The molecule has 0 N–H and O–H groups in total. The molecule has 1 aliphatic heterocycles. The van der Waals surface area contributed by atoms with Gasteiger partial charge in [-0.2, -0.15) is 0 Å². The first-order valence-electron chi connectivity index (χ1n) is 5.46. The van der Waals surface area contributed by atoms with Crippen molar-refractivity contribution in [1.82, 2.24) is 0 Å². The van der Waals surface area contributed by atoms with Gasteiger partial charge in [0.25, 0.3) is 0 Å². The first kappa shape index (κ1) is 10.1. The molecule has 1 aromatic heterocycles. The number of hydrogen-bond donors (Lipinski definition) is 0. The Labute approximate surface area is 90.3 Å². The van der Waals surface area contributed by atoms with Crippen LogP contribution in [0.5, 0.6) is 5.75 Å². The lowest BCUT2D eigenvalue weighted by Gasteiger charge is -2.27. The second-order valence-electron chi connectivity index (χ2n) is 3.77. The van der Waals surface area contributed by atoms with Crippen LogP contribution < -0.4 is 9.64 Å². The van der Waals surface area contributed by atoms with Crippen molar-refractivity contribution < 1.29 is 9.15 Å². The third kappa shape index (κ3) is 2.35. The predicted molar refractivity (Wildman–Crippen MR) is 60.5 cm³/mol. The second kappa shape index (κ2) is 4.91. The van der Waals surface area contributed by atoms with Crippen molar-refractivity contribution in [3.05, 3.63) is 25.2 Å². The maximum atomic E-state index is 5.53. The summed E-state index contributed by atoms with van der Waals surface area (Å²) in [7, 11) is 0. The summed E-state index contributed by atoms with van der Waals surface area (Å²) in [4.78, 5) is 2.32. The van der Waals surface area contributed by atoms with Gasteiger partial charge in [-0.15, -0.1) is 0 Å². The molecule has 3 heteroatoms. The molecule has 0 bridgehead atoms. The summed E-state index contributed by atoms with van der Waals surface area (Å²) in [6, 6.07) is 0. The van der Waals surface area contributed by atoms with Crippen molar-refractivity contribution >= 4 is 5.69 Å². The van der Waals surface area contributed by atoms with Crippen LogP contribution in [0.2, 0.25) is 0 Å². The minimum atomic E-state index is 0.528. The smallest absolute Gasteiger partial charge is 0.181 e. The fourth-order valence-corrected chi connectivity index (χ4v) is 1.90.